The summed E-state index contributed by atoms with van der Waals surface area (Å²) >= 11 is 0. The molecule has 1 aromatic heterocycles. The Balaban J connectivity index is 1.21. The predicted octanol–water partition coefficient (Wildman–Crippen LogP) is 3.36. The summed E-state index contributed by atoms with van der Waals surface area (Å²) in [6, 6.07) is 9.22. The van der Waals surface area contributed by atoms with Crippen molar-refractivity contribution in [3.05, 3.63) is 47.3 Å². The minimum Gasteiger partial charge on any atom is -0.496 e. The fourth-order valence-corrected chi connectivity index (χ4v) is 7.45. The van der Waals surface area contributed by atoms with Crippen molar-refractivity contribution >= 4 is 11.8 Å². The number of aromatic nitrogens is 1. The normalized spacial score (nSPS) is 33.4. The van der Waals surface area contributed by atoms with E-state index in [1.165, 1.54) is 0 Å². The molecule has 3 aliphatic rings. The number of benzene rings is 1. The summed E-state index contributed by atoms with van der Waals surface area (Å²) in [5.74, 6) is 0.968. The monoisotopic (exact) mass is 555 g/mol. The Morgan fingerprint density at radius 2 is 1.95 bits per heavy atom. The van der Waals surface area contributed by atoms with E-state index in [-0.39, 0.29) is 59.2 Å². The standard InChI is InChI=1S/C30H41N3O7/c1-18-13-21(33-40-18)28(36)32-16-27-38-17-30(3)24-10-9-22(34)20(29(24,2)12-11-25(30)39-27)14-26(35)31-15-19-7-5-6-8-23(19)37-4/h5-8,13,20,22,24-25,27,34H,9-12,14-17H2,1-4H3,(H,31,35)(H,32,36). The molecule has 3 N–H and O–H groups in total. The van der Waals surface area contributed by atoms with Crippen LogP contribution in [-0.4, -0.2) is 60.8 Å². The van der Waals surface area contributed by atoms with Crippen LogP contribution in [0.3, 0.4) is 0 Å². The molecular weight excluding hydrogens is 514 g/mol. The second kappa shape index (κ2) is 11.5. The third-order valence-corrected chi connectivity index (χ3v) is 9.60. The second-order valence-electron chi connectivity index (χ2n) is 12.0. The number of aryl methyl sites for hydroxylation is 1. The van der Waals surface area contributed by atoms with Crippen LogP contribution in [0.15, 0.2) is 34.9 Å². The van der Waals surface area contributed by atoms with Gasteiger partial charge in [-0.3, -0.25) is 9.59 Å². The molecule has 7 unspecified atom stereocenters. The molecule has 2 aromatic rings. The largest absolute Gasteiger partial charge is 0.496 e. The van der Waals surface area contributed by atoms with Crippen LogP contribution in [0.5, 0.6) is 5.75 Å². The minimum atomic E-state index is -0.551. The van der Waals surface area contributed by atoms with Crippen LogP contribution >= 0.6 is 0 Å². The van der Waals surface area contributed by atoms with Gasteiger partial charge in [0.2, 0.25) is 5.91 Å². The number of para-hydroxylation sites is 1. The Labute approximate surface area is 235 Å². The van der Waals surface area contributed by atoms with Gasteiger partial charge < -0.3 is 34.5 Å². The van der Waals surface area contributed by atoms with E-state index < -0.39 is 12.4 Å². The molecule has 40 heavy (non-hydrogen) atoms. The average molecular weight is 556 g/mol. The number of rotatable bonds is 8. The molecule has 0 bridgehead atoms. The van der Waals surface area contributed by atoms with Gasteiger partial charge in [0.05, 0.1) is 32.5 Å². The van der Waals surface area contributed by atoms with Crippen LogP contribution in [-0.2, 0) is 20.8 Å². The van der Waals surface area contributed by atoms with Crippen LogP contribution < -0.4 is 15.4 Å². The minimum absolute atomic E-state index is 0.0363. The van der Waals surface area contributed by atoms with Gasteiger partial charge in [-0.1, -0.05) is 37.2 Å². The van der Waals surface area contributed by atoms with E-state index in [0.29, 0.717) is 25.3 Å². The van der Waals surface area contributed by atoms with Gasteiger partial charge in [0, 0.05) is 30.0 Å². The number of carbonyl (C=O) groups excluding carboxylic acids is 2. The fraction of sp³-hybridized carbons (Fsp3) is 0.633. The first-order valence-corrected chi connectivity index (χ1v) is 14.2. The molecule has 3 fully saturated rings. The van der Waals surface area contributed by atoms with Crippen molar-refractivity contribution < 1.29 is 33.4 Å². The molecule has 5 rings (SSSR count). The number of hydrogen-bond donors (Lipinski definition) is 3. The molecule has 2 amide bonds. The highest BCUT2D eigenvalue weighted by atomic mass is 16.7. The molecular formula is C30H41N3O7. The lowest BCUT2D eigenvalue weighted by molar-refractivity contribution is -0.306. The Morgan fingerprint density at radius 3 is 2.70 bits per heavy atom. The van der Waals surface area contributed by atoms with E-state index in [4.69, 9.17) is 18.7 Å². The molecule has 7 atom stereocenters. The van der Waals surface area contributed by atoms with E-state index in [1.54, 1.807) is 20.1 Å². The average Bonchev–Trinajstić information content (AvgIpc) is 3.39. The van der Waals surface area contributed by atoms with Crippen molar-refractivity contribution in [2.24, 2.45) is 22.7 Å². The zero-order valence-corrected chi connectivity index (χ0v) is 23.8. The summed E-state index contributed by atoms with van der Waals surface area (Å²) in [5, 5.41) is 20.7. The maximum absolute atomic E-state index is 13.1. The number of hydrogen-bond acceptors (Lipinski definition) is 8. The van der Waals surface area contributed by atoms with Crippen molar-refractivity contribution in [1.29, 1.82) is 0 Å². The second-order valence-corrected chi connectivity index (χ2v) is 12.0. The number of amides is 2. The highest BCUT2D eigenvalue weighted by Gasteiger charge is 2.61. The maximum Gasteiger partial charge on any atom is 0.273 e. The number of nitrogens with zero attached hydrogens (tertiary/aromatic N) is 1. The molecule has 2 aliphatic carbocycles. The number of ether oxygens (including phenoxy) is 3. The summed E-state index contributed by atoms with van der Waals surface area (Å²) in [6.45, 7) is 7.26. The first-order chi connectivity index (χ1) is 19.1. The molecule has 10 heteroatoms. The molecule has 218 valence electrons. The van der Waals surface area contributed by atoms with Gasteiger partial charge in [-0.2, -0.15) is 0 Å². The molecule has 2 heterocycles. The van der Waals surface area contributed by atoms with Crippen molar-refractivity contribution in [3.8, 4) is 5.75 Å². The van der Waals surface area contributed by atoms with Crippen molar-refractivity contribution in [3.63, 3.8) is 0 Å². The van der Waals surface area contributed by atoms with Crippen molar-refractivity contribution in [2.45, 2.75) is 77.9 Å². The molecule has 1 saturated heterocycles. The molecule has 10 nitrogen and oxygen atoms in total. The summed E-state index contributed by atoms with van der Waals surface area (Å²) in [5.41, 5.74) is 0.648. The molecule has 0 spiro atoms. The number of methoxy groups -OCH3 is 1. The number of aliphatic hydroxyl groups excluding tert-OH is 1. The number of aliphatic hydroxyl groups is 1. The third kappa shape index (κ3) is 5.49. The Bertz CT molecular complexity index is 1220. The quantitative estimate of drug-likeness (QED) is 0.452. The van der Waals surface area contributed by atoms with Gasteiger partial charge in [-0.25, -0.2) is 0 Å². The smallest absolute Gasteiger partial charge is 0.273 e. The van der Waals surface area contributed by atoms with E-state index in [2.05, 4.69) is 29.6 Å². The van der Waals surface area contributed by atoms with Gasteiger partial charge in [-0.15, -0.1) is 0 Å². The van der Waals surface area contributed by atoms with Crippen LogP contribution in [0, 0.1) is 29.6 Å². The van der Waals surface area contributed by atoms with Gasteiger partial charge >= 0.3 is 0 Å². The van der Waals surface area contributed by atoms with E-state index in [0.717, 1.165) is 30.6 Å². The highest BCUT2D eigenvalue weighted by Crippen LogP contribution is 2.62. The number of fused-ring (bicyclic) bond motifs is 3. The van der Waals surface area contributed by atoms with Crippen LogP contribution in [0.2, 0.25) is 0 Å². The summed E-state index contributed by atoms with van der Waals surface area (Å²) in [7, 11) is 1.62. The first-order valence-electron chi connectivity index (χ1n) is 14.2. The Kier molecular flexibility index (Phi) is 8.22. The van der Waals surface area contributed by atoms with Crippen molar-refractivity contribution in [2.75, 3.05) is 20.3 Å². The lowest BCUT2D eigenvalue weighted by atomic mass is 9.46. The zero-order valence-electron chi connectivity index (χ0n) is 23.8. The summed E-state index contributed by atoms with van der Waals surface area (Å²) in [4.78, 5) is 25.5. The molecule has 2 saturated carbocycles. The summed E-state index contributed by atoms with van der Waals surface area (Å²) in [6.07, 6.45) is 2.28. The van der Waals surface area contributed by atoms with Crippen LogP contribution in [0.4, 0.5) is 0 Å². The Morgan fingerprint density at radius 1 is 1.15 bits per heavy atom. The van der Waals surface area contributed by atoms with Crippen LogP contribution in [0.1, 0.15) is 67.8 Å². The lowest BCUT2D eigenvalue weighted by Gasteiger charge is -2.63. The zero-order chi connectivity index (χ0) is 28.5. The van der Waals surface area contributed by atoms with E-state index in [9.17, 15) is 14.7 Å². The van der Waals surface area contributed by atoms with Gasteiger partial charge in [0.1, 0.15) is 11.5 Å². The van der Waals surface area contributed by atoms with Gasteiger partial charge in [-0.05, 0) is 55.9 Å². The molecule has 0 radical (unpaired) electrons. The topological polar surface area (TPSA) is 132 Å². The van der Waals surface area contributed by atoms with E-state index in [1.807, 2.05) is 24.3 Å². The number of nitrogens with one attached hydrogen (secondary N) is 2. The maximum atomic E-state index is 13.1. The highest BCUT2D eigenvalue weighted by molar-refractivity contribution is 5.92. The first kappa shape index (κ1) is 28.6. The van der Waals surface area contributed by atoms with Crippen molar-refractivity contribution in [1.82, 2.24) is 15.8 Å². The van der Waals surface area contributed by atoms with Gasteiger partial charge in [0.15, 0.2) is 12.0 Å². The fourth-order valence-electron chi connectivity index (χ4n) is 7.45. The SMILES string of the molecule is COc1ccccc1CNC(=O)CC1C(O)CCC2C3(C)COC(CNC(=O)c4cc(C)on4)OC3CCC12C. The molecule has 1 aromatic carbocycles. The predicted molar refractivity (Wildman–Crippen MR) is 145 cm³/mol. The van der Waals surface area contributed by atoms with Gasteiger partial charge in [0.25, 0.3) is 5.91 Å². The van der Waals surface area contributed by atoms with E-state index >= 15 is 0 Å². The summed E-state index contributed by atoms with van der Waals surface area (Å²) < 4.78 is 22.9. The lowest BCUT2D eigenvalue weighted by Crippen LogP contribution is -2.63. The van der Waals surface area contributed by atoms with Crippen LogP contribution in [0.25, 0.3) is 0 Å². The Hall–Kier alpha value is -2.95. The number of carbonyl (C=O) groups is 2. The third-order valence-electron chi connectivity index (χ3n) is 9.60. The molecule has 1 aliphatic heterocycles.